The molecule has 10 nitrogen and oxygen atoms in total. The summed E-state index contributed by atoms with van der Waals surface area (Å²) in [7, 11) is 0. The molecule has 1 saturated heterocycles. The van der Waals surface area contributed by atoms with Gasteiger partial charge < -0.3 is 9.84 Å². The molecule has 3 N–H and O–H groups in total. The lowest BCUT2D eigenvalue weighted by molar-refractivity contribution is -0.142. The second-order valence-electron chi connectivity index (χ2n) is 8.13. The minimum atomic E-state index is -1.34. The third kappa shape index (κ3) is 4.17. The summed E-state index contributed by atoms with van der Waals surface area (Å²) >= 11 is 0. The number of ether oxygens (including phenoxy) is 1. The van der Waals surface area contributed by atoms with Gasteiger partial charge in [0, 0.05) is 5.92 Å². The summed E-state index contributed by atoms with van der Waals surface area (Å²) in [6.45, 7) is 0.110. The molecule has 2 aromatic carbocycles. The van der Waals surface area contributed by atoms with E-state index in [0.717, 1.165) is 27.3 Å². The van der Waals surface area contributed by atoms with Gasteiger partial charge in [-0.15, -0.1) is 0 Å². The summed E-state index contributed by atoms with van der Waals surface area (Å²) in [5, 5.41) is 12.5. The van der Waals surface area contributed by atoms with Gasteiger partial charge in [0.25, 0.3) is 5.91 Å². The maximum absolute atomic E-state index is 12.7. The SMILES string of the molecule is O=C1CC(C(=O)O)N(C(=O)c2cccc(NC(=O)OCC3c4ccccc4-c4ccccc43)n2)N1. The number of hydrogen-bond donors (Lipinski definition) is 3. The zero-order valence-corrected chi connectivity index (χ0v) is 18.3. The number of hydrogen-bond acceptors (Lipinski definition) is 6. The number of hydrazine groups is 1. The summed E-state index contributed by atoms with van der Waals surface area (Å²) < 4.78 is 5.49. The van der Waals surface area contributed by atoms with Crippen LogP contribution >= 0.6 is 0 Å². The molecule has 35 heavy (non-hydrogen) atoms. The Morgan fingerprint density at radius 3 is 2.31 bits per heavy atom. The van der Waals surface area contributed by atoms with Crippen molar-refractivity contribution in [3.05, 3.63) is 83.6 Å². The maximum Gasteiger partial charge on any atom is 0.412 e. The Hall–Kier alpha value is -4.73. The standard InChI is InChI=1S/C25H20N4O6/c30-22-12-20(24(32)33)29(28-22)23(31)19-10-5-11-21(26-19)27-25(34)35-13-18-16-8-3-1-6-14(16)15-7-2-4-9-17(15)18/h1-11,18,20H,12-13H2,(H,28,30)(H,32,33)(H,26,27,34). The van der Waals surface area contributed by atoms with Crippen molar-refractivity contribution in [2.75, 3.05) is 11.9 Å². The number of anilines is 1. The molecule has 0 saturated carbocycles. The van der Waals surface area contributed by atoms with E-state index in [4.69, 9.17) is 4.74 Å². The maximum atomic E-state index is 12.7. The molecular formula is C25H20N4O6. The first-order valence-electron chi connectivity index (χ1n) is 10.9. The number of carbonyl (C=O) groups excluding carboxylic acids is 3. The smallest absolute Gasteiger partial charge is 0.412 e. The topological polar surface area (TPSA) is 138 Å². The van der Waals surface area contributed by atoms with Gasteiger partial charge in [-0.1, -0.05) is 54.6 Å². The van der Waals surface area contributed by atoms with E-state index in [1.54, 1.807) is 0 Å². The highest BCUT2D eigenvalue weighted by atomic mass is 16.5. The van der Waals surface area contributed by atoms with Crippen molar-refractivity contribution in [2.45, 2.75) is 18.4 Å². The van der Waals surface area contributed by atoms with Crippen LogP contribution in [0.25, 0.3) is 11.1 Å². The minimum absolute atomic E-state index is 0.0467. The number of aliphatic carboxylic acids is 1. The number of carboxylic acid groups (broad SMARTS) is 1. The lowest BCUT2D eigenvalue weighted by Crippen LogP contribution is -2.46. The summed E-state index contributed by atoms with van der Waals surface area (Å²) in [5.74, 6) is -2.77. The minimum Gasteiger partial charge on any atom is -0.480 e. The van der Waals surface area contributed by atoms with E-state index in [2.05, 4.69) is 15.7 Å². The fourth-order valence-electron chi connectivity index (χ4n) is 4.40. The average molecular weight is 472 g/mol. The van der Waals surface area contributed by atoms with Crippen molar-refractivity contribution in [2.24, 2.45) is 0 Å². The van der Waals surface area contributed by atoms with Crippen molar-refractivity contribution >= 4 is 29.7 Å². The number of fused-ring (bicyclic) bond motifs is 3. The normalized spacial score (nSPS) is 16.3. The third-order valence-corrected chi connectivity index (χ3v) is 5.98. The van der Waals surface area contributed by atoms with Crippen LogP contribution < -0.4 is 10.7 Å². The molecule has 2 heterocycles. The summed E-state index contributed by atoms with van der Waals surface area (Å²) in [5.41, 5.74) is 6.45. The molecule has 1 aliphatic heterocycles. The Labute approximate surface area is 199 Å². The molecule has 176 valence electrons. The van der Waals surface area contributed by atoms with Crippen LogP contribution in [0, 0.1) is 0 Å². The lowest BCUT2D eigenvalue weighted by atomic mass is 9.98. The Balaban J connectivity index is 1.26. The largest absolute Gasteiger partial charge is 0.480 e. The lowest BCUT2D eigenvalue weighted by Gasteiger charge is -2.20. The summed E-state index contributed by atoms with van der Waals surface area (Å²) in [6, 6.07) is 18.9. The molecule has 3 aromatic rings. The molecule has 0 radical (unpaired) electrons. The summed E-state index contributed by atoms with van der Waals surface area (Å²) in [4.78, 5) is 52.3. The zero-order chi connectivity index (χ0) is 24.5. The molecule has 1 fully saturated rings. The Morgan fingerprint density at radius 2 is 1.66 bits per heavy atom. The molecule has 2 aliphatic rings. The van der Waals surface area contributed by atoms with Crippen LogP contribution in [0.3, 0.4) is 0 Å². The number of aromatic nitrogens is 1. The van der Waals surface area contributed by atoms with Crippen molar-refractivity contribution in [3.63, 3.8) is 0 Å². The molecule has 1 aliphatic carbocycles. The number of carboxylic acids is 1. The Kier molecular flexibility index (Phi) is 5.61. The van der Waals surface area contributed by atoms with E-state index >= 15 is 0 Å². The predicted molar refractivity (Wildman–Crippen MR) is 123 cm³/mol. The molecule has 10 heteroatoms. The Morgan fingerprint density at radius 1 is 1.00 bits per heavy atom. The molecule has 3 amide bonds. The molecule has 1 unspecified atom stereocenters. The number of nitrogens with zero attached hydrogens (tertiary/aromatic N) is 2. The van der Waals surface area contributed by atoms with Crippen molar-refractivity contribution in [1.29, 1.82) is 0 Å². The molecular weight excluding hydrogens is 452 g/mol. The number of amides is 3. The second kappa shape index (κ2) is 8.90. The van der Waals surface area contributed by atoms with Crippen LogP contribution in [0.2, 0.25) is 0 Å². The van der Waals surface area contributed by atoms with E-state index in [1.165, 1.54) is 18.2 Å². The fraction of sp³-hybridized carbons (Fsp3) is 0.160. The van der Waals surface area contributed by atoms with Gasteiger partial charge >= 0.3 is 12.1 Å². The Bertz CT molecular complexity index is 1310. The molecule has 1 atom stereocenters. The van der Waals surface area contributed by atoms with Crippen LogP contribution in [0.15, 0.2) is 66.7 Å². The van der Waals surface area contributed by atoms with E-state index in [-0.39, 0.29) is 30.5 Å². The first kappa shape index (κ1) is 22.1. The first-order chi connectivity index (χ1) is 16.9. The fourth-order valence-corrected chi connectivity index (χ4v) is 4.40. The summed E-state index contributed by atoms with van der Waals surface area (Å²) in [6.07, 6.45) is -1.10. The van der Waals surface area contributed by atoms with Gasteiger partial charge in [-0.25, -0.2) is 19.6 Å². The van der Waals surface area contributed by atoms with E-state index < -0.39 is 29.9 Å². The van der Waals surface area contributed by atoms with Crippen molar-refractivity contribution in [1.82, 2.24) is 15.4 Å². The second-order valence-corrected chi connectivity index (χ2v) is 8.13. The molecule has 5 rings (SSSR count). The number of nitrogens with one attached hydrogen (secondary N) is 2. The number of rotatable bonds is 5. The molecule has 0 spiro atoms. The monoisotopic (exact) mass is 472 g/mol. The van der Waals surface area contributed by atoms with Gasteiger partial charge in [-0.3, -0.25) is 20.3 Å². The van der Waals surface area contributed by atoms with Crippen LogP contribution in [0.5, 0.6) is 0 Å². The number of benzene rings is 2. The highest BCUT2D eigenvalue weighted by molar-refractivity contribution is 6.00. The highest BCUT2D eigenvalue weighted by Gasteiger charge is 2.39. The van der Waals surface area contributed by atoms with Gasteiger partial charge in [0.15, 0.2) is 6.04 Å². The number of pyridine rings is 1. The quantitative estimate of drug-likeness (QED) is 0.519. The van der Waals surface area contributed by atoms with E-state index in [0.29, 0.717) is 0 Å². The predicted octanol–water partition coefficient (Wildman–Crippen LogP) is 2.77. The first-order valence-corrected chi connectivity index (χ1v) is 10.9. The van der Waals surface area contributed by atoms with Crippen LogP contribution in [-0.2, 0) is 14.3 Å². The van der Waals surface area contributed by atoms with Gasteiger partial charge in [0.2, 0.25) is 5.91 Å². The van der Waals surface area contributed by atoms with Crippen LogP contribution in [0.1, 0.15) is 34.0 Å². The van der Waals surface area contributed by atoms with E-state index in [9.17, 15) is 24.3 Å². The van der Waals surface area contributed by atoms with Gasteiger partial charge in [0.05, 0.1) is 6.42 Å². The van der Waals surface area contributed by atoms with Crippen LogP contribution in [0.4, 0.5) is 10.6 Å². The van der Waals surface area contributed by atoms with Crippen LogP contribution in [-0.4, -0.2) is 51.6 Å². The molecule has 1 aromatic heterocycles. The number of carbonyl (C=O) groups is 4. The average Bonchev–Trinajstić information content (AvgIpc) is 3.41. The zero-order valence-electron chi connectivity index (χ0n) is 18.3. The van der Waals surface area contributed by atoms with Gasteiger partial charge in [-0.05, 0) is 34.4 Å². The van der Waals surface area contributed by atoms with Crippen molar-refractivity contribution < 1.29 is 29.0 Å². The van der Waals surface area contributed by atoms with Gasteiger partial charge in [-0.2, -0.15) is 0 Å². The molecule has 0 bridgehead atoms. The highest BCUT2D eigenvalue weighted by Crippen LogP contribution is 2.44. The third-order valence-electron chi connectivity index (χ3n) is 5.98. The van der Waals surface area contributed by atoms with Crippen molar-refractivity contribution in [3.8, 4) is 11.1 Å². The van der Waals surface area contributed by atoms with E-state index in [1.807, 2.05) is 48.5 Å². The van der Waals surface area contributed by atoms with Gasteiger partial charge in [0.1, 0.15) is 18.1 Å².